The molecule has 0 unspecified atom stereocenters. The number of halogens is 3. The van der Waals surface area contributed by atoms with Crippen molar-refractivity contribution < 1.29 is 18.0 Å². The number of nitrogens with one attached hydrogen (secondary N) is 1. The molecule has 3 atom stereocenters. The Kier molecular flexibility index (Phi) is 6.13. The van der Waals surface area contributed by atoms with E-state index < -0.39 is 18.0 Å². The lowest BCUT2D eigenvalue weighted by atomic mass is 9.80. The number of carbonyl (C=O) groups excluding carboxylic acids is 1. The summed E-state index contributed by atoms with van der Waals surface area (Å²) in [4.78, 5) is 14.3. The molecule has 134 valence electrons. The first kappa shape index (κ1) is 18.6. The highest BCUT2D eigenvalue weighted by atomic mass is 19.4. The lowest BCUT2D eigenvalue weighted by molar-refractivity contribution is -0.186. The van der Waals surface area contributed by atoms with Crippen LogP contribution in [0.15, 0.2) is 30.3 Å². The molecule has 1 aliphatic carbocycles. The third kappa shape index (κ3) is 4.89. The highest BCUT2D eigenvalue weighted by molar-refractivity contribution is 5.78. The fourth-order valence-electron chi connectivity index (χ4n) is 3.17. The SMILES string of the molecule is C[C@H](CNC(=O)[C@@H]1CCC[C@@H](C(F)(F)F)C1)N(C)c1ccccc1. The highest BCUT2D eigenvalue weighted by Gasteiger charge is 2.43. The van der Waals surface area contributed by atoms with Crippen LogP contribution in [0.4, 0.5) is 18.9 Å². The van der Waals surface area contributed by atoms with Crippen LogP contribution in [-0.2, 0) is 4.79 Å². The largest absolute Gasteiger partial charge is 0.391 e. The molecule has 0 saturated heterocycles. The molecule has 0 aliphatic heterocycles. The number of benzene rings is 1. The first-order valence-corrected chi connectivity index (χ1v) is 8.41. The zero-order valence-electron chi connectivity index (χ0n) is 14.1. The molecule has 0 bridgehead atoms. The van der Waals surface area contributed by atoms with Gasteiger partial charge in [-0.1, -0.05) is 24.6 Å². The molecule has 1 aromatic rings. The van der Waals surface area contributed by atoms with Crippen LogP contribution in [-0.4, -0.2) is 31.7 Å². The fraction of sp³-hybridized carbons (Fsp3) is 0.611. The maximum Gasteiger partial charge on any atom is 0.391 e. The van der Waals surface area contributed by atoms with Crippen LogP contribution in [0.5, 0.6) is 0 Å². The van der Waals surface area contributed by atoms with Crippen molar-refractivity contribution in [2.75, 3.05) is 18.5 Å². The maximum atomic E-state index is 12.8. The first-order valence-electron chi connectivity index (χ1n) is 8.41. The molecule has 1 saturated carbocycles. The normalized spacial score (nSPS) is 22.7. The summed E-state index contributed by atoms with van der Waals surface area (Å²) in [5.41, 5.74) is 1.04. The molecular formula is C18H25F3N2O. The fourth-order valence-corrected chi connectivity index (χ4v) is 3.17. The molecule has 0 spiro atoms. The van der Waals surface area contributed by atoms with E-state index in [1.54, 1.807) is 0 Å². The van der Waals surface area contributed by atoms with E-state index in [1.807, 2.05) is 49.2 Å². The van der Waals surface area contributed by atoms with Crippen molar-refractivity contribution in [3.8, 4) is 0 Å². The number of anilines is 1. The second-order valence-corrected chi connectivity index (χ2v) is 6.64. The van der Waals surface area contributed by atoms with Crippen molar-refractivity contribution in [2.45, 2.75) is 44.8 Å². The van der Waals surface area contributed by atoms with Gasteiger partial charge in [0.05, 0.1) is 5.92 Å². The van der Waals surface area contributed by atoms with E-state index in [-0.39, 0.29) is 24.8 Å². The number of hydrogen-bond acceptors (Lipinski definition) is 2. The van der Waals surface area contributed by atoms with Gasteiger partial charge in [0.15, 0.2) is 0 Å². The molecule has 2 rings (SSSR count). The maximum absolute atomic E-state index is 12.8. The minimum absolute atomic E-state index is 0.0540. The van der Waals surface area contributed by atoms with Crippen LogP contribution in [0.1, 0.15) is 32.6 Å². The lowest BCUT2D eigenvalue weighted by Gasteiger charge is -2.31. The quantitative estimate of drug-likeness (QED) is 0.877. The standard InChI is InChI=1S/C18H25F3N2O/c1-13(23(2)16-9-4-3-5-10-16)12-22-17(24)14-7-6-8-15(11-14)18(19,20)21/h3-5,9-10,13-15H,6-8,11-12H2,1-2H3,(H,22,24)/t13-,14-,15-/m1/s1. The van der Waals surface area contributed by atoms with Crippen molar-refractivity contribution in [3.63, 3.8) is 0 Å². The van der Waals surface area contributed by atoms with Crippen molar-refractivity contribution in [3.05, 3.63) is 30.3 Å². The van der Waals surface area contributed by atoms with E-state index >= 15 is 0 Å². The van der Waals surface area contributed by atoms with Gasteiger partial charge in [0.1, 0.15) is 0 Å². The first-order chi connectivity index (χ1) is 11.3. The Morgan fingerprint density at radius 1 is 1.29 bits per heavy atom. The molecular weight excluding hydrogens is 317 g/mol. The Morgan fingerprint density at radius 2 is 1.96 bits per heavy atom. The summed E-state index contributed by atoms with van der Waals surface area (Å²) in [5, 5.41) is 2.83. The summed E-state index contributed by atoms with van der Waals surface area (Å²) in [6.45, 7) is 2.39. The van der Waals surface area contributed by atoms with Gasteiger partial charge in [0.25, 0.3) is 0 Å². The van der Waals surface area contributed by atoms with Crippen LogP contribution in [0, 0.1) is 11.8 Å². The minimum Gasteiger partial charge on any atom is -0.370 e. The summed E-state index contributed by atoms with van der Waals surface area (Å²) in [7, 11) is 1.94. The summed E-state index contributed by atoms with van der Waals surface area (Å²) < 4.78 is 38.5. The number of nitrogens with zero attached hydrogens (tertiary/aromatic N) is 1. The Hall–Kier alpha value is -1.72. The summed E-state index contributed by atoms with van der Waals surface area (Å²) in [6, 6.07) is 9.83. The molecule has 24 heavy (non-hydrogen) atoms. The Morgan fingerprint density at radius 3 is 2.58 bits per heavy atom. The number of likely N-dealkylation sites (N-methyl/N-ethyl adjacent to an activating group) is 1. The van der Waals surface area contributed by atoms with E-state index in [0.29, 0.717) is 19.4 Å². The van der Waals surface area contributed by atoms with Crippen LogP contribution in [0.3, 0.4) is 0 Å². The third-order valence-corrected chi connectivity index (χ3v) is 4.90. The van der Waals surface area contributed by atoms with Gasteiger partial charge >= 0.3 is 6.18 Å². The van der Waals surface area contributed by atoms with Crippen molar-refractivity contribution >= 4 is 11.6 Å². The Labute approximate surface area is 141 Å². The molecule has 1 amide bonds. The Balaban J connectivity index is 1.84. The smallest absolute Gasteiger partial charge is 0.370 e. The third-order valence-electron chi connectivity index (χ3n) is 4.90. The number of hydrogen-bond donors (Lipinski definition) is 1. The van der Waals surface area contributed by atoms with Crippen molar-refractivity contribution in [2.24, 2.45) is 11.8 Å². The van der Waals surface area contributed by atoms with E-state index in [9.17, 15) is 18.0 Å². The van der Waals surface area contributed by atoms with Gasteiger partial charge < -0.3 is 10.2 Å². The van der Waals surface area contributed by atoms with E-state index in [0.717, 1.165) is 5.69 Å². The molecule has 1 N–H and O–H groups in total. The number of alkyl halides is 3. The van der Waals surface area contributed by atoms with Gasteiger partial charge in [-0.05, 0) is 38.3 Å². The molecule has 0 aromatic heterocycles. The summed E-state index contributed by atoms with van der Waals surface area (Å²) in [5.74, 6) is -2.12. The predicted octanol–water partition coefficient (Wildman–Crippen LogP) is 4.00. The molecule has 6 heteroatoms. The highest BCUT2D eigenvalue weighted by Crippen LogP contribution is 2.39. The van der Waals surface area contributed by atoms with Gasteiger partial charge in [-0.15, -0.1) is 0 Å². The average Bonchev–Trinajstić information content (AvgIpc) is 2.58. The summed E-state index contributed by atoms with van der Waals surface area (Å²) >= 11 is 0. The van der Waals surface area contributed by atoms with Gasteiger partial charge in [-0.3, -0.25) is 4.79 Å². The minimum atomic E-state index is -4.19. The van der Waals surface area contributed by atoms with Gasteiger partial charge in [0.2, 0.25) is 5.91 Å². The van der Waals surface area contributed by atoms with Crippen molar-refractivity contribution in [1.29, 1.82) is 0 Å². The monoisotopic (exact) mass is 342 g/mol. The van der Waals surface area contributed by atoms with Gasteiger partial charge in [0, 0.05) is 31.2 Å². The topological polar surface area (TPSA) is 32.3 Å². The molecule has 0 heterocycles. The number of para-hydroxylation sites is 1. The average molecular weight is 342 g/mol. The molecule has 1 aromatic carbocycles. The lowest BCUT2D eigenvalue weighted by Crippen LogP contribution is -2.43. The number of rotatable bonds is 5. The van der Waals surface area contributed by atoms with E-state index in [4.69, 9.17) is 0 Å². The molecule has 3 nitrogen and oxygen atoms in total. The second kappa shape index (κ2) is 7.90. The molecule has 1 aliphatic rings. The van der Waals surface area contributed by atoms with Crippen LogP contribution in [0.2, 0.25) is 0 Å². The molecule has 0 radical (unpaired) electrons. The van der Waals surface area contributed by atoms with Crippen LogP contribution in [0.25, 0.3) is 0 Å². The molecule has 1 fully saturated rings. The van der Waals surface area contributed by atoms with Gasteiger partial charge in [-0.25, -0.2) is 0 Å². The van der Waals surface area contributed by atoms with Crippen molar-refractivity contribution in [1.82, 2.24) is 5.32 Å². The predicted molar refractivity (Wildman–Crippen MR) is 88.8 cm³/mol. The summed E-state index contributed by atoms with van der Waals surface area (Å²) in [6.07, 6.45) is -3.14. The second-order valence-electron chi connectivity index (χ2n) is 6.64. The number of amides is 1. The zero-order valence-corrected chi connectivity index (χ0v) is 14.1. The van der Waals surface area contributed by atoms with E-state index in [2.05, 4.69) is 5.32 Å². The Bertz CT molecular complexity index is 533. The zero-order chi connectivity index (χ0) is 17.7. The van der Waals surface area contributed by atoms with Gasteiger partial charge in [-0.2, -0.15) is 13.2 Å². The van der Waals surface area contributed by atoms with E-state index in [1.165, 1.54) is 0 Å². The number of carbonyl (C=O) groups is 1. The van der Waals surface area contributed by atoms with Crippen LogP contribution >= 0.6 is 0 Å². The van der Waals surface area contributed by atoms with Crippen LogP contribution < -0.4 is 10.2 Å².